The van der Waals surface area contributed by atoms with Gasteiger partial charge in [-0.2, -0.15) is 13.2 Å². The van der Waals surface area contributed by atoms with E-state index in [1.807, 2.05) is 11.8 Å². The number of halogens is 4. The maximum Gasteiger partial charge on any atom is 0.417 e. The van der Waals surface area contributed by atoms with Gasteiger partial charge in [-0.15, -0.1) is 0 Å². The molecule has 0 amide bonds. The first-order valence-electron chi connectivity index (χ1n) is 6.52. The zero-order chi connectivity index (χ0) is 14.9. The molecule has 0 saturated carbocycles. The molecule has 0 aromatic carbocycles. The summed E-state index contributed by atoms with van der Waals surface area (Å²) < 4.78 is 37.8. The molecular formula is C13H17ClF3N3. The molecule has 20 heavy (non-hydrogen) atoms. The van der Waals surface area contributed by atoms with Crippen LogP contribution in [0.25, 0.3) is 0 Å². The van der Waals surface area contributed by atoms with Crippen LogP contribution < -0.4 is 10.6 Å². The van der Waals surface area contributed by atoms with Gasteiger partial charge in [-0.25, -0.2) is 4.98 Å². The quantitative estimate of drug-likeness (QED) is 0.911. The Morgan fingerprint density at radius 3 is 2.70 bits per heavy atom. The molecule has 1 aromatic heterocycles. The van der Waals surface area contributed by atoms with Gasteiger partial charge in [-0.3, -0.25) is 0 Å². The Hall–Kier alpha value is -1.01. The van der Waals surface area contributed by atoms with Gasteiger partial charge in [0.25, 0.3) is 0 Å². The highest BCUT2D eigenvalue weighted by Gasteiger charge is 2.33. The lowest BCUT2D eigenvalue weighted by molar-refractivity contribution is -0.137. The molecule has 0 bridgehead atoms. The molecule has 1 fully saturated rings. The van der Waals surface area contributed by atoms with Gasteiger partial charge in [-0.1, -0.05) is 11.6 Å². The number of nitrogens with two attached hydrogens (primary N) is 1. The summed E-state index contributed by atoms with van der Waals surface area (Å²) in [5, 5.41) is 0.0318. The van der Waals surface area contributed by atoms with Crippen LogP contribution in [-0.2, 0) is 6.18 Å². The third kappa shape index (κ3) is 3.17. The Balaban J connectivity index is 2.28. The van der Waals surface area contributed by atoms with Crippen LogP contribution in [0, 0.1) is 5.92 Å². The number of alkyl halides is 3. The molecule has 0 spiro atoms. The molecule has 7 heteroatoms. The number of piperidine rings is 1. The van der Waals surface area contributed by atoms with Crippen molar-refractivity contribution in [1.82, 2.24) is 4.98 Å². The van der Waals surface area contributed by atoms with Crippen molar-refractivity contribution in [2.75, 3.05) is 18.0 Å². The van der Waals surface area contributed by atoms with Crippen LogP contribution >= 0.6 is 11.6 Å². The van der Waals surface area contributed by atoms with Crippen LogP contribution in [0.2, 0.25) is 5.02 Å². The van der Waals surface area contributed by atoms with Gasteiger partial charge in [0.1, 0.15) is 5.82 Å². The lowest BCUT2D eigenvalue weighted by atomic mass is 9.93. The summed E-state index contributed by atoms with van der Waals surface area (Å²) in [5.74, 6) is 0.733. The number of anilines is 1. The monoisotopic (exact) mass is 307 g/mol. The highest BCUT2D eigenvalue weighted by Crippen LogP contribution is 2.35. The summed E-state index contributed by atoms with van der Waals surface area (Å²) in [6.45, 7) is 3.25. The van der Waals surface area contributed by atoms with Crippen molar-refractivity contribution in [1.29, 1.82) is 0 Å². The molecule has 2 unspecified atom stereocenters. The summed E-state index contributed by atoms with van der Waals surface area (Å²) in [6.07, 6.45) is -1.64. The number of hydrogen-bond acceptors (Lipinski definition) is 3. The number of hydrogen-bond donors (Lipinski definition) is 1. The van der Waals surface area contributed by atoms with Crippen molar-refractivity contribution in [3.05, 3.63) is 22.8 Å². The maximum atomic E-state index is 12.6. The zero-order valence-electron chi connectivity index (χ0n) is 11.1. The van der Waals surface area contributed by atoms with Crippen molar-refractivity contribution >= 4 is 17.4 Å². The molecule has 1 aliphatic rings. The van der Waals surface area contributed by atoms with Crippen molar-refractivity contribution in [2.45, 2.75) is 32.0 Å². The number of nitrogens with zero attached hydrogens (tertiary/aromatic N) is 2. The minimum Gasteiger partial charge on any atom is -0.352 e. The predicted octanol–water partition coefficient (Wildman–Crippen LogP) is 3.32. The Morgan fingerprint density at radius 1 is 1.45 bits per heavy atom. The third-order valence-electron chi connectivity index (χ3n) is 3.73. The highest BCUT2D eigenvalue weighted by atomic mass is 35.5. The van der Waals surface area contributed by atoms with E-state index in [1.54, 1.807) is 0 Å². The molecule has 0 aliphatic carbocycles. The first-order valence-corrected chi connectivity index (χ1v) is 6.90. The molecule has 2 atom stereocenters. The molecule has 3 nitrogen and oxygen atoms in total. The molecular weight excluding hydrogens is 291 g/mol. The van der Waals surface area contributed by atoms with E-state index in [0.717, 1.165) is 25.1 Å². The molecule has 1 saturated heterocycles. The number of pyridine rings is 1. The number of aromatic nitrogens is 1. The SMILES string of the molecule is CC1CCC(CN)CN1c1ncc(C(F)(F)F)cc1Cl. The second-order valence-electron chi connectivity index (χ2n) is 5.21. The van der Waals surface area contributed by atoms with Crippen LogP contribution in [-0.4, -0.2) is 24.1 Å². The summed E-state index contributed by atoms with van der Waals surface area (Å²) >= 11 is 5.99. The minimum atomic E-state index is -4.43. The van der Waals surface area contributed by atoms with Crippen molar-refractivity contribution in [3.8, 4) is 0 Å². The van der Waals surface area contributed by atoms with Gasteiger partial charge in [0.2, 0.25) is 0 Å². The van der Waals surface area contributed by atoms with E-state index in [1.165, 1.54) is 0 Å². The maximum absolute atomic E-state index is 12.6. The van der Waals surface area contributed by atoms with Gasteiger partial charge >= 0.3 is 6.18 Å². The van der Waals surface area contributed by atoms with Crippen LogP contribution in [0.15, 0.2) is 12.3 Å². The summed E-state index contributed by atoms with van der Waals surface area (Å²) in [4.78, 5) is 5.87. The van der Waals surface area contributed by atoms with Crippen LogP contribution in [0.4, 0.5) is 19.0 Å². The fourth-order valence-electron chi connectivity index (χ4n) is 2.47. The second kappa shape index (κ2) is 5.77. The molecule has 2 N–H and O–H groups in total. The van der Waals surface area contributed by atoms with E-state index in [-0.39, 0.29) is 11.1 Å². The fraction of sp³-hybridized carbons (Fsp3) is 0.615. The molecule has 0 radical (unpaired) electrons. The lowest BCUT2D eigenvalue weighted by Gasteiger charge is -2.39. The molecule has 112 valence electrons. The number of rotatable bonds is 2. The van der Waals surface area contributed by atoms with E-state index in [0.29, 0.717) is 24.8 Å². The largest absolute Gasteiger partial charge is 0.417 e. The molecule has 2 rings (SSSR count). The van der Waals surface area contributed by atoms with Gasteiger partial charge in [0.15, 0.2) is 0 Å². The van der Waals surface area contributed by atoms with Crippen molar-refractivity contribution in [3.63, 3.8) is 0 Å². The van der Waals surface area contributed by atoms with Crippen molar-refractivity contribution < 1.29 is 13.2 Å². The molecule has 2 heterocycles. The van der Waals surface area contributed by atoms with E-state index < -0.39 is 11.7 Å². The summed E-state index contributed by atoms with van der Waals surface area (Å²) in [7, 11) is 0. The third-order valence-corrected chi connectivity index (χ3v) is 4.01. The fourth-order valence-corrected chi connectivity index (χ4v) is 2.74. The Bertz CT molecular complexity index is 478. The van der Waals surface area contributed by atoms with E-state index >= 15 is 0 Å². The smallest absolute Gasteiger partial charge is 0.352 e. The van der Waals surface area contributed by atoms with E-state index in [4.69, 9.17) is 17.3 Å². The standard InChI is InChI=1S/C13H17ClF3N3/c1-8-2-3-9(5-18)7-20(8)12-11(14)4-10(6-19-12)13(15,16)17/h4,6,8-9H,2-3,5,7,18H2,1H3. The minimum absolute atomic E-state index is 0.0318. The average molecular weight is 308 g/mol. The first-order chi connectivity index (χ1) is 9.32. The Labute approximate surface area is 120 Å². The van der Waals surface area contributed by atoms with Gasteiger partial charge in [0.05, 0.1) is 10.6 Å². The summed E-state index contributed by atoms with van der Waals surface area (Å²) in [5.41, 5.74) is 4.85. The van der Waals surface area contributed by atoms with Gasteiger partial charge in [0, 0.05) is 18.8 Å². The predicted molar refractivity (Wildman–Crippen MR) is 72.8 cm³/mol. The lowest BCUT2D eigenvalue weighted by Crippen LogP contribution is -2.44. The topological polar surface area (TPSA) is 42.1 Å². The Morgan fingerprint density at radius 2 is 2.15 bits per heavy atom. The molecule has 1 aliphatic heterocycles. The van der Waals surface area contributed by atoms with Crippen LogP contribution in [0.1, 0.15) is 25.3 Å². The van der Waals surface area contributed by atoms with Crippen molar-refractivity contribution in [2.24, 2.45) is 11.7 Å². The second-order valence-corrected chi connectivity index (χ2v) is 5.61. The average Bonchev–Trinajstić information content (AvgIpc) is 2.38. The first kappa shape index (κ1) is 15.4. The van der Waals surface area contributed by atoms with Gasteiger partial charge in [-0.05, 0) is 38.3 Å². The highest BCUT2D eigenvalue weighted by molar-refractivity contribution is 6.33. The van der Waals surface area contributed by atoms with Gasteiger partial charge < -0.3 is 10.6 Å². The van der Waals surface area contributed by atoms with Crippen LogP contribution in [0.5, 0.6) is 0 Å². The van der Waals surface area contributed by atoms with E-state index in [2.05, 4.69) is 4.98 Å². The zero-order valence-corrected chi connectivity index (χ0v) is 11.9. The van der Waals surface area contributed by atoms with E-state index in [9.17, 15) is 13.2 Å². The Kier molecular flexibility index (Phi) is 4.44. The van der Waals surface area contributed by atoms with Crippen LogP contribution in [0.3, 0.4) is 0 Å². The summed E-state index contributed by atoms with van der Waals surface area (Å²) in [6, 6.07) is 1.13. The normalized spacial score (nSPS) is 24.0. The molecule has 1 aromatic rings.